The fourth-order valence-corrected chi connectivity index (χ4v) is 2.26. The minimum atomic E-state index is -0.497. The molecular weight excluding hydrogens is 316 g/mol. The third-order valence-electron chi connectivity index (χ3n) is 3.24. The quantitative estimate of drug-likeness (QED) is 0.676. The van der Waals surface area contributed by atoms with Gasteiger partial charge in [-0.3, -0.25) is 0 Å². The monoisotopic (exact) mass is 328 g/mol. The van der Waals surface area contributed by atoms with Crippen LogP contribution in [0.3, 0.4) is 0 Å². The topological polar surface area (TPSA) is 65.2 Å². The summed E-state index contributed by atoms with van der Waals surface area (Å²) in [5.41, 5.74) is 2.29. The van der Waals surface area contributed by atoms with Crippen LogP contribution in [0.1, 0.15) is 21.8 Å². The van der Waals surface area contributed by atoms with Gasteiger partial charge in [0, 0.05) is 10.6 Å². The van der Waals surface area contributed by atoms with Gasteiger partial charge >= 0.3 is 5.97 Å². The second kappa shape index (κ2) is 6.62. The van der Waals surface area contributed by atoms with Crippen LogP contribution in [0.4, 0.5) is 0 Å². The predicted octanol–water partition coefficient (Wildman–Crippen LogP) is 4.06. The van der Waals surface area contributed by atoms with Crippen molar-refractivity contribution in [2.45, 2.75) is 13.5 Å². The highest BCUT2D eigenvalue weighted by Crippen LogP contribution is 2.20. The van der Waals surface area contributed by atoms with Gasteiger partial charge in [-0.1, -0.05) is 47.1 Å². The van der Waals surface area contributed by atoms with Crippen molar-refractivity contribution in [3.63, 3.8) is 0 Å². The highest BCUT2D eigenvalue weighted by molar-refractivity contribution is 6.30. The molecule has 0 aliphatic heterocycles. The molecule has 116 valence electrons. The standard InChI is InChI=1S/C17H13ClN2O3/c1-11-5-2-3-8-14(11)16-19-15(23-20-16)10-22-17(21)12-6-4-7-13(18)9-12/h2-9H,10H2,1H3. The summed E-state index contributed by atoms with van der Waals surface area (Å²) in [6.45, 7) is 1.87. The Bertz CT molecular complexity index is 845. The number of nitrogens with zero attached hydrogens (tertiary/aromatic N) is 2. The molecule has 0 bridgehead atoms. The Morgan fingerprint density at radius 3 is 2.83 bits per heavy atom. The molecule has 0 fully saturated rings. The Kier molecular flexibility index (Phi) is 4.39. The molecule has 0 aliphatic rings. The number of esters is 1. The summed E-state index contributed by atoms with van der Waals surface area (Å²) in [5.74, 6) is 0.207. The van der Waals surface area contributed by atoms with Crippen LogP contribution in [-0.2, 0) is 11.3 Å². The average Bonchev–Trinajstić information content (AvgIpc) is 3.02. The summed E-state index contributed by atoms with van der Waals surface area (Å²) in [6.07, 6.45) is 0. The molecule has 6 heteroatoms. The molecule has 1 heterocycles. The maximum Gasteiger partial charge on any atom is 0.338 e. The Hall–Kier alpha value is -2.66. The summed E-state index contributed by atoms with van der Waals surface area (Å²) < 4.78 is 10.3. The van der Waals surface area contributed by atoms with Crippen molar-refractivity contribution in [1.29, 1.82) is 0 Å². The smallest absolute Gasteiger partial charge is 0.338 e. The van der Waals surface area contributed by atoms with E-state index < -0.39 is 5.97 Å². The number of hydrogen-bond donors (Lipinski definition) is 0. The Morgan fingerprint density at radius 1 is 1.22 bits per heavy atom. The van der Waals surface area contributed by atoms with Crippen LogP contribution in [0.15, 0.2) is 53.1 Å². The van der Waals surface area contributed by atoms with Gasteiger partial charge in [0.05, 0.1) is 5.56 Å². The number of rotatable bonds is 4. The number of carbonyl (C=O) groups is 1. The molecule has 1 aromatic heterocycles. The largest absolute Gasteiger partial charge is 0.452 e. The van der Waals surface area contributed by atoms with Crippen molar-refractivity contribution in [3.05, 3.63) is 70.6 Å². The van der Waals surface area contributed by atoms with Crippen LogP contribution in [0.25, 0.3) is 11.4 Å². The van der Waals surface area contributed by atoms with E-state index in [2.05, 4.69) is 10.1 Å². The maximum atomic E-state index is 11.9. The molecule has 0 saturated carbocycles. The summed E-state index contributed by atoms with van der Waals surface area (Å²) in [4.78, 5) is 16.2. The van der Waals surface area contributed by atoms with Crippen molar-refractivity contribution < 1.29 is 14.1 Å². The van der Waals surface area contributed by atoms with Crippen molar-refractivity contribution >= 4 is 17.6 Å². The van der Waals surface area contributed by atoms with Gasteiger partial charge in [0.1, 0.15) is 0 Å². The van der Waals surface area contributed by atoms with Gasteiger partial charge in [-0.2, -0.15) is 4.98 Å². The van der Waals surface area contributed by atoms with Crippen molar-refractivity contribution in [2.75, 3.05) is 0 Å². The first kappa shape index (κ1) is 15.2. The van der Waals surface area contributed by atoms with Crippen LogP contribution in [0.2, 0.25) is 5.02 Å². The van der Waals surface area contributed by atoms with Gasteiger partial charge in [-0.05, 0) is 30.7 Å². The number of hydrogen-bond acceptors (Lipinski definition) is 5. The molecule has 3 rings (SSSR count). The normalized spacial score (nSPS) is 10.5. The molecule has 3 aromatic rings. The first-order valence-corrected chi connectivity index (χ1v) is 7.32. The van der Waals surface area contributed by atoms with E-state index in [1.54, 1.807) is 18.2 Å². The summed E-state index contributed by atoms with van der Waals surface area (Å²) in [7, 11) is 0. The van der Waals surface area contributed by atoms with Gasteiger partial charge in [0.2, 0.25) is 5.82 Å². The van der Waals surface area contributed by atoms with E-state index in [-0.39, 0.29) is 12.5 Å². The van der Waals surface area contributed by atoms with E-state index in [4.69, 9.17) is 20.9 Å². The van der Waals surface area contributed by atoms with Crippen molar-refractivity contribution in [3.8, 4) is 11.4 Å². The van der Waals surface area contributed by atoms with E-state index >= 15 is 0 Å². The maximum absolute atomic E-state index is 11.9. The molecule has 0 spiro atoms. The molecule has 0 radical (unpaired) electrons. The van der Waals surface area contributed by atoms with E-state index in [0.717, 1.165) is 11.1 Å². The Labute approximate surface area is 137 Å². The zero-order valence-corrected chi connectivity index (χ0v) is 13.1. The minimum absolute atomic E-state index is 0.0930. The van der Waals surface area contributed by atoms with E-state index in [9.17, 15) is 4.79 Å². The molecule has 23 heavy (non-hydrogen) atoms. The number of aryl methyl sites for hydroxylation is 1. The fraction of sp³-hybridized carbons (Fsp3) is 0.118. The second-order valence-electron chi connectivity index (χ2n) is 4.91. The summed E-state index contributed by atoms with van der Waals surface area (Å²) >= 11 is 5.84. The van der Waals surface area contributed by atoms with Crippen LogP contribution in [0.5, 0.6) is 0 Å². The molecule has 0 aliphatic carbocycles. The van der Waals surface area contributed by atoms with Crippen molar-refractivity contribution in [1.82, 2.24) is 10.1 Å². The van der Waals surface area contributed by atoms with Crippen LogP contribution in [0, 0.1) is 6.92 Å². The van der Waals surface area contributed by atoms with Gasteiger partial charge in [0.15, 0.2) is 6.61 Å². The van der Waals surface area contributed by atoms with Gasteiger partial charge < -0.3 is 9.26 Å². The first-order chi connectivity index (χ1) is 11.1. The van der Waals surface area contributed by atoms with Gasteiger partial charge in [-0.25, -0.2) is 4.79 Å². The lowest BCUT2D eigenvalue weighted by Gasteiger charge is -2.02. The molecule has 0 amide bonds. The fourth-order valence-electron chi connectivity index (χ4n) is 2.07. The number of carbonyl (C=O) groups excluding carboxylic acids is 1. The number of halogens is 1. The lowest BCUT2D eigenvalue weighted by atomic mass is 10.1. The van der Waals surface area contributed by atoms with Crippen molar-refractivity contribution in [2.24, 2.45) is 0 Å². The lowest BCUT2D eigenvalue weighted by molar-refractivity contribution is 0.0430. The van der Waals surface area contributed by atoms with Crippen LogP contribution >= 0.6 is 11.6 Å². The summed E-state index contributed by atoms with van der Waals surface area (Å²) in [5, 5.41) is 4.38. The number of ether oxygens (including phenoxy) is 1. The Morgan fingerprint density at radius 2 is 2.04 bits per heavy atom. The van der Waals surface area contributed by atoms with Gasteiger partial charge in [-0.15, -0.1) is 0 Å². The highest BCUT2D eigenvalue weighted by atomic mass is 35.5. The average molecular weight is 329 g/mol. The molecule has 5 nitrogen and oxygen atoms in total. The predicted molar refractivity (Wildman–Crippen MR) is 85.0 cm³/mol. The van der Waals surface area contributed by atoms with Gasteiger partial charge in [0.25, 0.3) is 5.89 Å². The molecule has 2 aromatic carbocycles. The molecule has 0 unspecified atom stereocenters. The molecule has 0 N–H and O–H groups in total. The molecule has 0 saturated heterocycles. The SMILES string of the molecule is Cc1ccccc1-c1noc(COC(=O)c2cccc(Cl)c2)n1. The molecule has 0 atom stereocenters. The second-order valence-corrected chi connectivity index (χ2v) is 5.35. The minimum Gasteiger partial charge on any atom is -0.452 e. The number of benzene rings is 2. The first-order valence-electron chi connectivity index (χ1n) is 6.95. The van der Waals surface area contributed by atoms with Crippen LogP contribution in [-0.4, -0.2) is 16.1 Å². The van der Waals surface area contributed by atoms with E-state index in [0.29, 0.717) is 16.4 Å². The Balaban J connectivity index is 1.68. The van der Waals surface area contributed by atoms with Crippen LogP contribution < -0.4 is 0 Å². The van der Waals surface area contributed by atoms with E-state index in [1.165, 1.54) is 6.07 Å². The zero-order valence-electron chi connectivity index (χ0n) is 12.3. The van der Waals surface area contributed by atoms with E-state index in [1.807, 2.05) is 31.2 Å². The number of aromatic nitrogens is 2. The molecular formula is C17H13ClN2O3. The lowest BCUT2D eigenvalue weighted by Crippen LogP contribution is -2.05. The third-order valence-corrected chi connectivity index (χ3v) is 3.48. The highest BCUT2D eigenvalue weighted by Gasteiger charge is 2.13. The zero-order chi connectivity index (χ0) is 16.2. The third kappa shape index (κ3) is 3.57. The summed E-state index contributed by atoms with van der Waals surface area (Å²) in [6, 6.07) is 14.2.